The quantitative estimate of drug-likeness (QED) is 0.236. The smallest absolute Gasteiger partial charge is 0.125 e. The molecular formula is C32H42NOY+. The van der Waals surface area contributed by atoms with Gasteiger partial charge in [-0.3, -0.25) is 0 Å². The zero-order chi connectivity index (χ0) is 23.6. The first kappa shape index (κ1) is 28.1. The molecule has 1 heterocycles. The van der Waals surface area contributed by atoms with E-state index in [0.717, 1.165) is 18.8 Å². The standard InChI is InChI=1S/C32H42NO.Y/c1-27-14-13-15-28(2)32(27)34-25-21-31(30-18-9-6-10-19-30)20-24-33(22-11-3-4-12-23-33)26-29-16-7-5-8-17-29;/h5-10,13-19,31H,3-4,11-12,20-26H2,1-2H3;/q+1;. The number of nitrogens with zero attached hydrogens (tertiary/aromatic N) is 1. The van der Waals surface area contributed by atoms with Crippen LogP contribution in [0.5, 0.6) is 5.75 Å². The summed E-state index contributed by atoms with van der Waals surface area (Å²) < 4.78 is 7.59. The number of para-hydroxylation sites is 1. The maximum atomic E-state index is 6.35. The van der Waals surface area contributed by atoms with Crippen LogP contribution in [-0.2, 0) is 39.3 Å². The molecule has 0 bridgehead atoms. The van der Waals surface area contributed by atoms with Crippen LogP contribution >= 0.6 is 0 Å². The molecule has 0 saturated carbocycles. The average molecular weight is 546 g/mol. The minimum absolute atomic E-state index is 0. The molecule has 3 aromatic carbocycles. The van der Waals surface area contributed by atoms with Crippen LogP contribution in [0.1, 0.15) is 66.7 Å². The van der Waals surface area contributed by atoms with Gasteiger partial charge in [-0.15, -0.1) is 0 Å². The van der Waals surface area contributed by atoms with Crippen LogP contribution < -0.4 is 4.74 Å². The first-order valence-electron chi connectivity index (χ1n) is 13.3. The Morgan fingerprint density at radius 1 is 0.714 bits per heavy atom. The summed E-state index contributed by atoms with van der Waals surface area (Å²) in [7, 11) is 0. The molecule has 1 aliphatic rings. The number of hydrogen-bond donors (Lipinski definition) is 0. The number of quaternary nitrogens is 1. The van der Waals surface area contributed by atoms with Crippen molar-refractivity contribution in [2.24, 2.45) is 0 Å². The van der Waals surface area contributed by atoms with Crippen molar-refractivity contribution >= 4 is 0 Å². The fourth-order valence-electron chi connectivity index (χ4n) is 5.75. The predicted octanol–water partition coefficient (Wildman–Crippen LogP) is 7.83. The number of hydrogen-bond acceptors (Lipinski definition) is 1. The molecule has 0 N–H and O–H groups in total. The van der Waals surface area contributed by atoms with Crippen molar-refractivity contribution in [3.63, 3.8) is 0 Å². The Kier molecular flexibility index (Phi) is 11.5. The van der Waals surface area contributed by atoms with Gasteiger partial charge in [-0.2, -0.15) is 0 Å². The number of ether oxygens (including phenoxy) is 1. The van der Waals surface area contributed by atoms with E-state index < -0.39 is 0 Å². The molecule has 35 heavy (non-hydrogen) atoms. The monoisotopic (exact) mass is 545 g/mol. The average Bonchev–Trinajstić information content (AvgIpc) is 3.10. The van der Waals surface area contributed by atoms with Gasteiger partial charge in [0.2, 0.25) is 0 Å². The van der Waals surface area contributed by atoms with Crippen LogP contribution in [0.2, 0.25) is 0 Å². The summed E-state index contributed by atoms with van der Waals surface area (Å²) in [5, 5.41) is 0. The molecular weight excluding hydrogens is 503 g/mol. The summed E-state index contributed by atoms with van der Waals surface area (Å²) in [6.07, 6.45) is 7.77. The Morgan fingerprint density at radius 3 is 1.94 bits per heavy atom. The van der Waals surface area contributed by atoms with Gasteiger partial charge in [-0.1, -0.05) is 78.9 Å². The molecule has 183 valence electrons. The second-order valence-electron chi connectivity index (χ2n) is 10.3. The molecule has 1 saturated heterocycles. The van der Waals surface area contributed by atoms with Gasteiger partial charge in [-0.05, 0) is 68.6 Å². The zero-order valence-corrected chi connectivity index (χ0v) is 24.6. The third-order valence-corrected chi connectivity index (χ3v) is 7.72. The molecule has 1 unspecified atom stereocenters. The summed E-state index contributed by atoms with van der Waals surface area (Å²) in [6, 6.07) is 28.7. The van der Waals surface area contributed by atoms with E-state index in [0.29, 0.717) is 5.92 Å². The van der Waals surface area contributed by atoms with Crippen molar-refractivity contribution in [1.82, 2.24) is 0 Å². The Labute approximate surface area is 238 Å². The topological polar surface area (TPSA) is 9.23 Å². The van der Waals surface area contributed by atoms with Crippen LogP contribution in [0, 0.1) is 13.8 Å². The van der Waals surface area contributed by atoms with E-state index in [2.05, 4.69) is 92.7 Å². The van der Waals surface area contributed by atoms with E-state index in [1.165, 1.54) is 85.0 Å². The molecule has 1 radical (unpaired) electrons. The normalized spacial score (nSPS) is 16.1. The number of likely N-dealkylation sites (tertiary alicyclic amines) is 1. The van der Waals surface area contributed by atoms with E-state index in [4.69, 9.17) is 4.74 Å². The van der Waals surface area contributed by atoms with Crippen molar-refractivity contribution in [3.05, 3.63) is 101 Å². The van der Waals surface area contributed by atoms with Crippen molar-refractivity contribution in [3.8, 4) is 5.75 Å². The van der Waals surface area contributed by atoms with Crippen LogP contribution in [0.3, 0.4) is 0 Å². The zero-order valence-electron chi connectivity index (χ0n) is 21.8. The largest absolute Gasteiger partial charge is 0.493 e. The van der Waals surface area contributed by atoms with E-state index in [-0.39, 0.29) is 32.7 Å². The van der Waals surface area contributed by atoms with Crippen LogP contribution in [-0.4, -0.2) is 30.7 Å². The maximum Gasteiger partial charge on any atom is 0.125 e. The molecule has 1 atom stereocenters. The van der Waals surface area contributed by atoms with Crippen LogP contribution in [0.4, 0.5) is 0 Å². The van der Waals surface area contributed by atoms with Gasteiger partial charge in [0.15, 0.2) is 0 Å². The SMILES string of the molecule is Cc1cccc(C)c1OCCC(CC[N+]1(Cc2ccccc2)CCCCCC1)c1ccccc1.[Y]. The van der Waals surface area contributed by atoms with Crippen molar-refractivity contribution in [1.29, 1.82) is 0 Å². The summed E-state index contributed by atoms with van der Waals surface area (Å²) in [6.45, 7) is 10.1. The molecule has 2 nitrogen and oxygen atoms in total. The van der Waals surface area contributed by atoms with Gasteiger partial charge in [0.05, 0.1) is 26.2 Å². The Morgan fingerprint density at radius 2 is 1.31 bits per heavy atom. The summed E-state index contributed by atoms with van der Waals surface area (Å²) in [5.41, 5.74) is 5.40. The Bertz CT molecular complexity index is 976. The van der Waals surface area contributed by atoms with E-state index in [1.54, 1.807) is 0 Å². The molecule has 1 fully saturated rings. The maximum absolute atomic E-state index is 6.35. The van der Waals surface area contributed by atoms with Gasteiger partial charge < -0.3 is 9.22 Å². The second kappa shape index (κ2) is 14.3. The number of benzene rings is 3. The van der Waals surface area contributed by atoms with Gasteiger partial charge in [0.25, 0.3) is 0 Å². The third kappa shape index (κ3) is 8.27. The van der Waals surface area contributed by atoms with Gasteiger partial charge in [0.1, 0.15) is 12.3 Å². The molecule has 0 aromatic heterocycles. The van der Waals surface area contributed by atoms with Crippen molar-refractivity contribution in [2.75, 3.05) is 26.2 Å². The summed E-state index contributed by atoms with van der Waals surface area (Å²) in [5.74, 6) is 1.59. The second-order valence-corrected chi connectivity index (χ2v) is 10.3. The fraction of sp³-hybridized carbons (Fsp3) is 0.438. The molecule has 3 heteroatoms. The molecule has 0 spiro atoms. The minimum Gasteiger partial charge on any atom is -0.493 e. The third-order valence-electron chi connectivity index (χ3n) is 7.72. The first-order chi connectivity index (χ1) is 16.7. The summed E-state index contributed by atoms with van der Waals surface area (Å²) in [4.78, 5) is 0. The van der Waals surface area contributed by atoms with Gasteiger partial charge >= 0.3 is 0 Å². The molecule has 3 aromatic rings. The van der Waals surface area contributed by atoms with Gasteiger partial charge in [-0.25, -0.2) is 0 Å². The van der Waals surface area contributed by atoms with Crippen LogP contribution in [0.15, 0.2) is 78.9 Å². The van der Waals surface area contributed by atoms with E-state index in [9.17, 15) is 0 Å². The van der Waals surface area contributed by atoms with E-state index >= 15 is 0 Å². The molecule has 1 aliphatic heterocycles. The minimum atomic E-state index is 0. The van der Waals surface area contributed by atoms with Crippen molar-refractivity contribution in [2.45, 2.75) is 64.8 Å². The Balaban J connectivity index is 0.00000342. The van der Waals surface area contributed by atoms with E-state index in [1.807, 2.05) is 0 Å². The molecule has 4 rings (SSSR count). The van der Waals surface area contributed by atoms with Gasteiger partial charge in [0, 0.05) is 44.7 Å². The van der Waals surface area contributed by atoms with Crippen LogP contribution in [0.25, 0.3) is 0 Å². The summed E-state index contributed by atoms with van der Waals surface area (Å²) >= 11 is 0. The predicted molar refractivity (Wildman–Crippen MR) is 143 cm³/mol. The number of aryl methyl sites for hydroxylation is 2. The molecule has 0 amide bonds. The fourth-order valence-corrected chi connectivity index (χ4v) is 5.75. The molecule has 0 aliphatic carbocycles. The van der Waals surface area contributed by atoms with Crippen molar-refractivity contribution < 1.29 is 41.9 Å². The number of rotatable bonds is 10. The first-order valence-corrected chi connectivity index (χ1v) is 13.3. The Hall–Kier alpha value is -1.48.